The molecule has 1 aromatic rings. The van der Waals surface area contributed by atoms with Gasteiger partial charge in [-0.15, -0.1) is 0 Å². The fraction of sp³-hybridized carbons (Fsp3) is 0.250. The number of carbonyl (C=O) groups excluding carboxylic acids is 1. The van der Waals surface area contributed by atoms with Gasteiger partial charge in [-0.3, -0.25) is 0 Å². The van der Waals surface area contributed by atoms with Gasteiger partial charge in [-0.2, -0.15) is 0 Å². The molecule has 0 aliphatic carbocycles. The third-order valence-corrected chi connectivity index (χ3v) is 2.09. The molecule has 0 bridgehead atoms. The van der Waals surface area contributed by atoms with Gasteiger partial charge in [0.25, 0.3) is 0 Å². The van der Waals surface area contributed by atoms with Crippen molar-refractivity contribution >= 4 is 24.9 Å². The molecule has 78 valence electrons. The predicted octanol–water partition coefficient (Wildman–Crippen LogP) is 0.911. The van der Waals surface area contributed by atoms with E-state index in [4.69, 9.17) is 4.74 Å². The summed E-state index contributed by atoms with van der Waals surface area (Å²) < 4.78 is 4.85. The van der Waals surface area contributed by atoms with Gasteiger partial charge in [0, 0.05) is 6.08 Å². The van der Waals surface area contributed by atoms with Crippen molar-refractivity contribution in [2.24, 2.45) is 0 Å². The molecule has 0 spiro atoms. The Morgan fingerprint density at radius 3 is 2.87 bits per heavy atom. The molecule has 15 heavy (non-hydrogen) atoms. The highest BCUT2D eigenvalue weighted by molar-refractivity contribution is 6.32. The van der Waals surface area contributed by atoms with Gasteiger partial charge in [0.1, 0.15) is 7.85 Å². The summed E-state index contributed by atoms with van der Waals surface area (Å²) in [6.45, 7) is 4.12. The Kier molecular flexibility index (Phi) is 4.16. The molecule has 2 nitrogen and oxygen atoms in total. The molecule has 3 heteroatoms. The maximum absolute atomic E-state index is 11.2. The van der Waals surface area contributed by atoms with Crippen LogP contribution in [0.25, 0.3) is 5.57 Å². The number of rotatable bonds is 3. The van der Waals surface area contributed by atoms with E-state index in [1.54, 1.807) is 6.92 Å². The van der Waals surface area contributed by atoms with Crippen LogP contribution in [0.15, 0.2) is 30.3 Å². The summed E-state index contributed by atoms with van der Waals surface area (Å²) in [5.41, 5.74) is 3.17. The lowest BCUT2D eigenvalue weighted by molar-refractivity contribution is -0.137. The summed E-state index contributed by atoms with van der Waals surface area (Å²) in [6, 6.07) is 8.04. The van der Waals surface area contributed by atoms with Gasteiger partial charge in [-0.1, -0.05) is 29.7 Å². The molecule has 1 rings (SSSR count). The van der Waals surface area contributed by atoms with Gasteiger partial charge in [0.05, 0.1) is 6.61 Å². The largest absolute Gasteiger partial charge is 0.463 e. The Labute approximate surface area is 91.4 Å². The fourth-order valence-electron chi connectivity index (χ4n) is 1.33. The zero-order chi connectivity index (χ0) is 11.3. The Morgan fingerprint density at radius 1 is 1.53 bits per heavy atom. The fourth-order valence-corrected chi connectivity index (χ4v) is 1.33. The lowest BCUT2D eigenvalue weighted by atomic mass is 9.92. The standard InChI is InChI=1S/C12H15BO2/c1-3-15-12(14)7-9(2)10-5-4-6-11(13)8-10/h4-8H,3,13H2,1-2H3/b9-7+. The molecule has 0 amide bonds. The molecule has 0 radical (unpaired) electrons. The van der Waals surface area contributed by atoms with E-state index < -0.39 is 0 Å². The first-order chi connectivity index (χ1) is 7.13. The normalized spacial score (nSPS) is 11.2. The first kappa shape index (κ1) is 11.6. The minimum Gasteiger partial charge on any atom is -0.463 e. The number of carbonyl (C=O) groups is 1. The highest BCUT2D eigenvalue weighted by atomic mass is 16.5. The van der Waals surface area contributed by atoms with E-state index in [0.717, 1.165) is 11.1 Å². The van der Waals surface area contributed by atoms with E-state index >= 15 is 0 Å². The first-order valence-electron chi connectivity index (χ1n) is 5.05. The molecule has 0 heterocycles. The van der Waals surface area contributed by atoms with E-state index in [-0.39, 0.29) is 5.97 Å². The molecule has 0 aliphatic rings. The summed E-state index contributed by atoms with van der Waals surface area (Å²) in [6.07, 6.45) is 1.53. The number of allylic oxidation sites excluding steroid dienone is 1. The van der Waals surface area contributed by atoms with Crippen LogP contribution in [0.4, 0.5) is 0 Å². The van der Waals surface area contributed by atoms with Gasteiger partial charge >= 0.3 is 5.97 Å². The number of ether oxygens (including phenoxy) is 1. The van der Waals surface area contributed by atoms with Gasteiger partial charge < -0.3 is 4.74 Å². The number of hydrogen-bond acceptors (Lipinski definition) is 2. The smallest absolute Gasteiger partial charge is 0.331 e. The highest BCUT2D eigenvalue weighted by Crippen LogP contribution is 2.11. The van der Waals surface area contributed by atoms with E-state index in [9.17, 15) is 4.79 Å². The van der Waals surface area contributed by atoms with Crippen LogP contribution in [-0.4, -0.2) is 20.4 Å². The Balaban J connectivity index is 2.84. The number of benzene rings is 1. The molecule has 0 unspecified atom stereocenters. The summed E-state index contributed by atoms with van der Waals surface area (Å²) in [5, 5.41) is 0. The Hall–Kier alpha value is -1.51. The topological polar surface area (TPSA) is 26.3 Å². The average molecular weight is 202 g/mol. The van der Waals surface area contributed by atoms with Crippen molar-refractivity contribution < 1.29 is 9.53 Å². The molecule has 0 N–H and O–H groups in total. The average Bonchev–Trinajstić information content (AvgIpc) is 2.18. The van der Waals surface area contributed by atoms with Crippen molar-refractivity contribution in [3.05, 3.63) is 35.9 Å². The SMILES string of the molecule is Bc1cccc(/C(C)=C/C(=O)OCC)c1. The van der Waals surface area contributed by atoms with Gasteiger partial charge in [0.15, 0.2) is 0 Å². The molecule has 0 aromatic heterocycles. The molecular formula is C12H15BO2. The lowest BCUT2D eigenvalue weighted by Gasteiger charge is -2.03. The highest BCUT2D eigenvalue weighted by Gasteiger charge is 2.00. The van der Waals surface area contributed by atoms with Crippen LogP contribution in [0.2, 0.25) is 0 Å². The summed E-state index contributed by atoms with van der Waals surface area (Å²) >= 11 is 0. The van der Waals surface area contributed by atoms with Crippen LogP contribution < -0.4 is 5.46 Å². The molecule has 0 saturated heterocycles. The van der Waals surface area contributed by atoms with Crippen molar-refractivity contribution in [1.29, 1.82) is 0 Å². The summed E-state index contributed by atoms with van der Waals surface area (Å²) in [7, 11) is 2.03. The second-order valence-corrected chi connectivity index (χ2v) is 3.45. The van der Waals surface area contributed by atoms with Crippen molar-refractivity contribution in [3.8, 4) is 0 Å². The predicted molar refractivity (Wildman–Crippen MR) is 64.9 cm³/mol. The van der Waals surface area contributed by atoms with Crippen LogP contribution in [0.3, 0.4) is 0 Å². The molecular weight excluding hydrogens is 187 g/mol. The Morgan fingerprint density at radius 2 is 2.27 bits per heavy atom. The minimum atomic E-state index is -0.281. The van der Waals surface area contributed by atoms with Crippen molar-refractivity contribution in [2.75, 3.05) is 6.61 Å². The zero-order valence-corrected chi connectivity index (χ0v) is 9.41. The van der Waals surface area contributed by atoms with E-state index in [1.807, 2.05) is 39.0 Å². The third-order valence-electron chi connectivity index (χ3n) is 2.09. The molecule has 1 aromatic carbocycles. The monoisotopic (exact) mass is 202 g/mol. The third kappa shape index (κ3) is 3.62. The zero-order valence-electron chi connectivity index (χ0n) is 9.41. The Bertz CT molecular complexity index is 383. The van der Waals surface area contributed by atoms with E-state index in [2.05, 4.69) is 0 Å². The first-order valence-corrected chi connectivity index (χ1v) is 5.05. The molecule has 0 atom stereocenters. The van der Waals surface area contributed by atoms with E-state index in [0.29, 0.717) is 6.61 Å². The van der Waals surface area contributed by atoms with Crippen molar-refractivity contribution in [1.82, 2.24) is 0 Å². The number of hydrogen-bond donors (Lipinski definition) is 0. The minimum absolute atomic E-state index is 0.281. The lowest BCUT2D eigenvalue weighted by Crippen LogP contribution is -2.03. The van der Waals surface area contributed by atoms with Crippen LogP contribution in [0, 0.1) is 0 Å². The van der Waals surface area contributed by atoms with Crippen molar-refractivity contribution in [2.45, 2.75) is 13.8 Å². The van der Waals surface area contributed by atoms with Crippen LogP contribution in [0.5, 0.6) is 0 Å². The van der Waals surface area contributed by atoms with Crippen LogP contribution >= 0.6 is 0 Å². The second kappa shape index (κ2) is 5.39. The van der Waals surface area contributed by atoms with Gasteiger partial charge in [0.2, 0.25) is 0 Å². The quantitative estimate of drug-likeness (QED) is 0.413. The van der Waals surface area contributed by atoms with E-state index in [1.165, 1.54) is 11.5 Å². The summed E-state index contributed by atoms with van der Waals surface area (Å²) in [4.78, 5) is 11.2. The van der Waals surface area contributed by atoms with Gasteiger partial charge in [-0.25, -0.2) is 4.79 Å². The molecule has 0 fully saturated rings. The maximum atomic E-state index is 11.2. The maximum Gasteiger partial charge on any atom is 0.331 e. The molecule has 0 aliphatic heterocycles. The van der Waals surface area contributed by atoms with Gasteiger partial charge in [-0.05, 0) is 25.0 Å². The van der Waals surface area contributed by atoms with Crippen LogP contribution in [-0.2, 0) is 9.53 Å². The second-order valence-electron chi connectivity index (χ2n) is 3.45. The van der Waals surface area contributed by atoms with Crippen molar-refractivity contribution in [3.63, 3.8) is 0 Å². The number of esters is 1. The van der Waals surface area contributed by atoms with Crippen LogP contribution in [0.1, 0.15) is 19.4 Å². The summed E-state index contributed by atoms with van der Waals surface area (Å²) in [5.74, 6) is -0.281. The molecule has 0 saturated carbocycles.